The Morgan fingerprint density at radius 2 is 2.30 bits per heavy atom. The second kappa shape index (κ2) is 5.53. The lowest BCUT2D eigenvalue weighted by Gasteiger charge is -2.20. The minimum absolute atomic E-state index is 0.0914. The van der Waals surface area contributed by atoms with Crippen molar-refractivity contribution in [2.45, 2.75) is 31.5 Å². The fraction of sp³-hybridized carbons (Fsp3) is 0.600. The minimum Gasteiger partial charge on any atom is -0.388 e. The van der Waals surface area contributed by atoms with Crippen LogP contribution in [-0.2, 0) is 9.47 Å². The summed E-state index contributed by atoms with van der Waals surface area (Å²) in [5.41, 5.74) is 5.02. The highest BCUT2D eigenvalue weighted by Gasteiger charge is 2.43. The lowest BCUT2D eigenvalue weighted by atomic mass is 10.1. The van der Waals surface area contributed by atoms with Crippen LogP contribution in [-0.4, -0.2) is 51.6 Å². The van der Waals surface area contributed by atoms with Gasteiger partial charge in [-0.2, -0.15) is 0 Å². The zero-order valence-corrected chi connectivity index (χ0v) is 10.9. The van der Waals surface area contributed by atoms with Crippen molar-refractivity contribution in [2.24, 2.45) is 0 Å². The van der Waals surface area contributed by atoms with Crippen molar-refractivity contribution in [3.8, 4) is 0 Å². The Bertz CT molecular complexity index is 513. The van der Waals surface area contributed by atoms with Crippen molar-refractivity contribution >= 4 is 17.3 Å². The third-order valence-corrected chi connectivity index (χ3v) is 3.06. The predicted octanol–water partition coefficient (Wildman–Crippen LogP) is -0.500. The maximum absolute atomic E-state index is 11.0. The maximum Gasteiger partial charge on any atom is 0.352 e. The van der Waals surface area contributed by atoms with Gasteiger partial charge in [0.05, 0.1) is 11.0 Å². The van der Waals surface area contributed by atoms with Crippen LogP contribution in [0.4, 0.5) is 17.3 Å². The number of hydrogen-bond donors (Lipinski definition) is 3. The quantitative estimate of drug-likeness (QED) is 0.492. The Kier molecular flexibility index (Phi) is 3.97. The minimum atomic E-state index is -0.907. The predicted molar refractivity (Wildman–Crippen MR) is 67.9 cm³/mol. The second-order valence-electron chi connectivity index (χ2n) is 4.32. The van der Waals surface area contributed by atoms with Crippen LogP contribution in [0.1, 0.15) is 6.92 Å². The smallest absolute Gasteiger partial charge is 0.352 e. The summed E-state index contributed by atoms with van der Waals surface area (Å²) in [4.78, 5) is 17.7. The topological polar surface area (TPSA) is 146 Å². The lowest BCUT2D eigenvalue weighted by Crippen LogP contribution is -2.40. The number of rotatable bonds is 4. The fourth-order valence-corrected chi connectivity index (χ4v) is 2.02. The summed E-state index contributed by atoms with van der Waals surface area (Å²) in [5.74, 6) is -0.353. The van der Waals surface area contributed by atoms with Crippen molar-refractivity contribution in [1.29, 1.82) is 0 Å². The van der Waals surface area contributed by atoms with Gasteiger partial charge in [-0.1, -0.05) is 0 Å². The first-order valence-corrected chi connectivity index (χ1v) is 5.83. The largest absolute Gasteiger partial charge is 0.388 e. The number of nitrogen functional groups attached to an aromatic ring is 1. The van der Waals surface area contributed by atoms with E-state index in [1.54, 1.807) is 6.92 Å². The number of nitro groups is 1. The SMILES string of the molecule is COC1OC(C)C(O)C1Nc1ncnc(N)c1[N+](=O)[O-]. The van der Waals surface area contributed by atoms with Gasteiger partial charge in [0, 0.05) is 7.11 Å². The molecule has 0 aliphatic carbocycles. The molecule has 1 fully saturated rings. The number of methoxy groups -OCH3 is 1. The Labute approximate surface area is 114 Å². The molecule has 4 unspecified atom stereocenters. The number of nitrogens with two attached hydrogens (primary N) is 1. The molecule has 4 atom stereocenters. The monoisotopic (exact) mass is 285 g/mol. The molecule has 1 aliphatic rings. The molecule has 0 bridgehead atoms. The van der Waals surface area contributed by atoms with Gasteiger partial charge < -0.3 is 25.6 Å². The average Bonchev–Trinajstić information content (AvgIpc) is 2.66. The van der Waals surface area contributed by atoms with E-state index in [-0.39, 0.29) is 11.6 Å². The van der Waals surface area contributed by atoms with E-state index < -0.39 is 35.2 Å². The number of anilines is 2. The number of nitrogens with zero attached hydrogens (tertiary/aromatic N) is 3. The van der Waals surface area contributed by atoms with Crippen LogP contribution in [0.2, 0.25) is 0 Å². The summed E-state index contributed by atoms with van der Waals surface area (Å²) < 4.78 is 10.4. The molecule has 10 heteroatoms. The number of hydrogen-bond acceptors (Lipinski definition) is 9. The molecule has 20 heavy (non-hydrogen) atoms. The van der Waals surface area contributed by atoms with Crippen molar-refractivity contribution in [3.63, 3.8) is 0 Å². The third kappa shape index (κ3) is 2.48. The maximum atomic E-state index is 11.0. The molecule has 0 spiro atoms. The van der Waals surface area contributed by atoms with Crippen LogP contribution in [0.3, 0.4) is 0 Å². The summed E-state index contributed by atoms with van der Waals surface area (Å²) in [6, 6.07) is -0.706. The van der Waals surface area contributed by atoms with Gasteiger partial charge in [-0.15, -0.1) is 0 Å². The van der Waals surface area contributed by atoms with Crippen LogP contribution in [0.5, 0.6) is 0 Å². The fourth-order valence-electron chi connectivity index (χ4n) is 2.02. The van der Waals surface area contributed by atoms with E-state index in [0.29, 0.717) is 0 Å². The highest BCUT2D eigenvalue weighted by molar-refractivity contribution is 5.67. The van der Waals surface area contributed by atoms with Gasteiger partial charge in [0.2, 0.25) is 11.6 Å². The van der Waals surface area contributed by atoms with E-state index in [4.69, 9.17) is 15.2 Å². The van der Waals surface area contributed by atoms with Gasteiger partial charge in [-0.05, 0) is 6.92 Å². The summed E-state index contributed by atoms with van der Waals surface area (Å²) in [6.45, 7) is 1.67. The Hall–Kier alpha value is -2.04. The molecule has 2 rings (SSSR count). The molecule has 1 aliphatic heterocycles. The Morgan fingerprint density at radius 3 is 2.90 bits per heavy atom. The molecule has 110 valence electrons. The van der Waals surface area contributed by atoms with E-state index in [2.05, 4.69) is 15.3 Å². The zero-order chi connectivity index (χ0) is 14.9. The first-order chi connectivity index (χ1) is 9.45. The van der Waals surface area contributed by atoms with Crippen molar-refractivity contribution in [2.75, 3.05) is 18.2 Å². The molecule has 0 radical (unpaired) electrons. The molecular formula is C10H15N5O5. The van der Waals surface area contributed by atoms with Crippen molar-refractivity contribution in [1.82, 2.24) is 9.97 Å². The van der Waals surface area contributed by atoms with E-state index in [9.17, 15) is 15.2 Å². The van der Waals surface area contributed by atoms with E-state index in [1.165, 1.54) is 7.11 Å². The average molecular weight is 285 g/mol. The number of aliphatic hydroxyl groups excluding tert-OH is 1. The number of nitrogens with one attached hydrogen (secondary N) is 1. The van der Waals surface area contributed by atoms with Crippen LogP contribution in [0.25, 0.3) is 0 Å². The standard InChI is InChI=1S/C10H15N5O5/c1-4-7(16)5(10(19-2)20-4)14-9-6(15(17)18)8(11)12-3-13-9/h3-5,7,10,16H,1-2H3,(H3,11,12,13,14). The van der Waals surface area contributed by atoms with Crippen LogP contribution in [0, 0.1) is 10.1 Å². The summed E-state index contributed by atoms with van der Waals surface area (Å²) in [6.07, 6.45) is -1.04. The second-order valence-corrected chi connectivity index (χ2v) is 4.32. The van der Waals surface area contributed by atoms with Gasteiger partial charge >= 0.3 is 5.69 Å². The van der Waals surface area contributed by atoms with Gasteiger partial charge in [-0.25, -0.2) is 9.97 Å². The van der Waals surface area contributed by atoms with Crippen LogP contribution < -0.4 is 11.1 Å². The Morgan fingerprint density at radius 1 is 1.60 bits per heavy atom. The van der Waals surface area contributed by atoms with Gasteiger partial charge in [0.15, 0.2) is 6.29 Å². The molecule has 0 saturated carbocycles. The summed E-state index contributed by atoms with van der Waals surface area (Å²) >= 11 is 0. The highest BCUT2D eigenvalue weighted by atomic mass is 16.7. The molecule has 0 amide bonds. The van der Waals surface area contributed by atoms with Gasteiger partial charge in [0.25, 0.3) is 0 Å². The van der Waals surface area contributed by atoms with Gasteiger partial charge in [-0.3, -0.25) is 10.1 Å². The molecule has 1 saturated heterocycles. The van der Waals surface area contributed by atoms with Crippen molar-refractivity contribution < 1.29 is 19.5 Å². The van der Waals surface area contributed by atoms with Crippen molar-refractivity contribution in [3.05, 3.63) is 16.4 Å². The first kappa shape index (κ1) is 14.4. The molecule has 1 aromatic rings. The molecule has 0 aromatic carbocycles. The van der Waals surface area contributed by atoms with E-state index >= 15 is 0 Å². The summed E-state index contributed by atoms with van der Waals surface area (Å²) in [7, 11) is 1.41. The number of aliphatic hydroxyl groups is 1. The molecule has 4 N–H and O–H groups in total. The Balaban J connectivity index is 2.30. The van der Waals surface area contributed by atoms with E-state index in [0.717, 1.165) is 6.33 Å². The molecule has 2 heterocycles. The van der Waals surface area contributed by atoms with Crippen LogP contribution >= 0.6 is 0 Å². The third-order valence-electron chi connectivity index (χ3n) is 3.06. The first-order valence-electron chi connectivity index (χ1n) is 5.83. The number of ether oxygens (including phenoxy) is 2. The molecule has 1 aromatic heterocycles. The highest BCUT2D eigenvalue weighted by Crippen LogP contribution is 2.30. The van der Waals surface area contributed by atoms with E-state index in [1.807, 2.05) is 0 Å². The molecule has 10 nitrogen and oxygen atoms in total. The normalized spacial score (nSPS) is 29.4. The zero-order valence-electron chi connectivity index (χ0n) is 10.9. The molecular weight excluding hydrogens is 270 g/mol. The van der Waals surface area contributed by atoms with Gasteiger partial charge in [0.1, 0.15) is 18.5 Å². The van der Waals surface area contributed by atoms with Crippen LogP contribution in [0.15, 0.2) is 6.33 Å². The summed E-state index contributed by atoms with van der Waals surface area (Å²) in [5, 5.41) is 23.7. The number of aromatic nitrogens is 2. The lowest BCUT2D eigenvalue weighted by molar-refractivity contribution is -0.383.